The molecule has 3 aromatic rings. The summed E-state index contributed by atoms with van der Waals surface area (Å²) >= 11 is 6.10. The van der Waals surface area contributed by atoms with Crippen molar-refractivity contribution in [2.75, 3.05) is 6.61 Å². The van der Waals surface area contributed by atoms with Gasteiger partial charge in [0.05, 0.1) is 12.7 Å². The van der Waals surface area contributed by atoms with Crippen molar-refractivity contribution in [2.45, 2.75) is 38.1 Å². The quantitative estimate of drug-likeness (QED) is 0.570. The van der Waals surface area contributed by atoms with Crippen LogP contribution in [0.25, 0.3) is 0 Å². The van der Waals surface area contributed by atoms with Crippen LogP contribution in [-0.2, 0) is 12.0 Å². The lowest BCUT2D eigenvalue weighted by Crippen LogP contribution is -2.38. The summed E-state index contributed by atoms with van der Waals surface area (Å²) in [7, 11) is 0. The third-order valence-electron chi connectivity index (χ3n) is 4.42. The highest BCUT2D eigenvalue weighted by Gasteiger charge is 2.34. The lowest BCUT2D eigenvalue weighted by molar-refractivity contribution is 0.164. The van der Waals surface area contributed by atoms with Gasteiger partial charge >= 0.3 is 6.01 Å². The Kier molecular flexibility index (Phi) is 6.17. The molecule has 7 heteroatoms. The fraction of sp³-hybridized carbons (Fsp3) is 0.368. The second-order valence-corrected chi connectivity index (χ2v) is 6.75. The first-order valence-corrected chi connectivity index (χ1v) is 9.10. The zero-order valence-electron chi connectivity index (χ0n) is 14.8. The maximum atomic E-state index is 6.10. The van der Waals surface area contributed by atoms with E-state index in [4.69, 9.17) is 16.3 Å². The van der Waals surface area contributed by atoms with Gasteiger partial charge in [-0.05, 0) is 30.2 Å². The molecule has 2 aromatic heterocycles. The van der Waals surface area contributed by atoms with Crippen LogP contribution >= 0.6 is 11.6 Å². The minimum Gasteiger partial charge on any atom is -0.462 e. The Balaban J connectivity index is 1.93. The number of benzene rings is 1. The molecule has 26 heavy (non-hydrogen) atoms. The average molecular weight is 372 g/mol. The van der Waals surface area contributed by atoms with E-state index in [2.05, 4.69) is 39.3 Å². The fourth-order valence-electron chi connectivity index (χ4n) is 3.02. The predicted octanol–water partition coefficient (Wildman–Crippen LogP) is 3.93. The molecule has 1 aromatic carbocycles. The summed E-state index contributed by atoms with van der Waals surface area (Å²) in [4.78, 5) is 8.36. The summed E-state index contributed by atoms with van der Waals surface area (Å²) in [6, 6.07) is 10.1. The van der Waals surface area contributed by atoms with Gasteiger partial charge in [-0.3, -0.25) is 4.68 Å². The number of aromatic nitrogens is 5. The SMILES string of the molecule is CCCCC(COc1ncccn1)(Cn1ccnn1)c1ccc(Cl)cc1. The first-order chi connectivity index (χ1) is 12.7. The monoisotopic (exact) mass is 371 g/mol. The molecule has 0 bridgehead atoms. The Labute approximate surface area is 158 Å². The number of hydrogen-bond donors (Lipinski definition) is 0. The average Bonchev–Trinajstić information content (AvgIpc) is 3.18. The lowest BCUT2D eigenvalue weighted by Gasteiger charge is -2.34. The highest BCUT2D eigenvalue weighted by molar-refractivity contribution is 6.30. The van der Waals surface area contributed by atoms with Crippen molar-refractivity contribution in [3.05, 3.63) is 65.7 Å². The largest absolute Gasteiger partial charge is 0.462 e. The van der Waals surface area contributed by atoms with Gasteiger partial charge in [0.15, 0.2) is 0 Å². The number of nitrogens with zero attached hydrogens (tertiary/aromatic N) is 5. The predicted molar refractivity (Wildman–Crippen MR) is 100 cm³/mol. The summed E-state index contributed by atoms with van der Waals surface area (Å²) in [5, 5.41) is 8.81. The van der Waals surface area contributed by atoms with E-state index in [1.54, 1.807) is 24.7 Å². The first kappa shape index (κ1) is 18.3. The van der Waals surface area contributed by atoms with Crippen molar-refractivity contribution in [1.29, 1.82) is 0 Å². The van der Waals surface area contributed by atoms with E-state index in [1.807, 2.05) is 23.0 Å². The van der Waals surface area contributed by atoms with Crippen molar-refractivity contribution in [3.8, 4) is 6.01 Å². The molecule has 1 unspecified atom stereocenters. The van der Waals surface area contributed by atoms with Crippen LogP contribution in [0.4, 0.5) is 0 Å². The van der Waals surface area contributed by atoms with E-state index in [0.717, 1.165) is 24.8 Å². The summed E-state index contributed by atoms with van der Waals surface area (Å²) in [5.41, 5.74) is 0.870. The van der Waals surface area contributed by atoms with Crippen molar-refractivity contribution in [1.82, 2.24) is 25.0 Å². The number of halogens is 1. The first-order valence-electron chi connectivity index (χ1n) is 8.72. The van der Waals surface area contributed by atoms with Crippen LogP contribution in [0.3, 0.4) is 0 Å². The van der Waals surface area contributed by atoms with E-state index in [1.165, 1.54) is 0 Å². The van der Waals surface area contributed by atoms with Crippen molar-refractivity contribution < 1.29 is 4.74 Å². The number of unbranched alkanes of at least 4 members (excludes halogenated alkanes) is 1. The zero-order chi connectivity index (χ0) is 18.2. The molecule has 136 valence electrons. The summed E-state index contributed by atoms with van der Waals surface area (Å²) in [6.07, 6.45) is 10.0. The maximum Gasteiger partial charge on any atom is 0.316 e. The Morgan fingerprint density at radius 3 is 2.54 bits per heavy atom. The summed E-state index contributed by atoms with van der Waals surface area (Å²) in [6.45, 7) is 3.28. The maximum absolute atomic E-state index is 6.10. The van der Waals surface area contributed by atoms with Gasteiger partial charge in [0.1, 0.15) is 6.61 Å². The second kappa shape index (κ2) is 8.76. The summed E-state index contributed by atoms with van der Waals surface area (Å²) < 4.78 is 7.83. The molecule has 0 radical (unpaired) electrons. The standard InChI is InChI=1S/C19H22ClN5O/c1-2-3-9-19(14-25-13-12-23-24-25,16-5-7-17(20)8-6-16)15-26-18-21-10-4-11-22-18/h4-8,10-13H,2-3,9,14-15H2,1H3. The van der Waals surface area contributed by atoms with Crippen LogP contribution in [0.1, 0.15) is 31.7 Å². The van der Waals surface area contributed by atoms with Gasteiger partial charge in [-0.2, -0.15) is 0 Å². The number of rotatable bonds is 9. The third-order valence-corrected chi connectivity index (χ3v) is 4.67. The van der Waals surface area contributed by atoms with E-state index in [0.29, 0.717) is 24.2 Å². The van der Waals surface area contributed by atoms with Gasteiger partial charge in [0.25, 0.3) is 0 Å². The lowest BCUT2D eigenvalue weighted by atomic mass is 9.76. The molecule has 0 aliphatic rings. The van der Waals surface area contributed by atoms with Gasteiger partial charge in [-0.1, -0.05) is 48.7 Å². The minimum atomic E-state index is -0.284. The molecule has 1 atom stereocenters. The molecule has 0 N–H and O–H groups in total. The fourth-order valence-corrected chi connectivity index (χ4v) is 3.15. The van der Waals surface area contributed by atoms with Crippen LogP contribution in [0.15, 0.2) is 55.1 Å². The molecule has 2 heterocycles. The van der Waals surface area contributed by atoms with E-state index >= 15 is 0 Å². The van der Waals surface area contributed by atoms with Gasteiger partial charge in [-0.15, -0.1) is 5.10 Å². The van der Waals surface area contributed by atoms with Crippen LogP contribution in [-0.4, -0.2) is 31.6 Å². The van der Waals surface area contributed by atoms with Crippen molar-refractivity contribution in [3.63, 3.8) is 0 Å². The molecule has 0 saturated heterocycles. The van der Waals surface area contributed by atoms with E-state index < -0.39 is 0 Å². The highest BCUT2D eigenvalue weighted by atomic mass is 35.5. The molecule has 0 amide bonds. The molecule has 0 fully saturated rings. The molecule has 6 nitrogen and oxygen atoms in total. The van der Waals surface area contributed by atoms with Gasteiger partial charge in [0.2, 0.25) is 0 Å². The van der Waals surface area contributed by atoms with Gasteiger partial charge in [0, 0.05) is 29.0 Å². The Morgan fingerprint density at radius 2 is 1.88 bits per heavy atom. The Morgan fingerprint density at radius 1 is 1.12 bits per heavy atom. The topological polar surface area (TPSA) is 65.7 Å². The van der Waals surface area contributed by atoms with Crippen LogP contribution in [0.5, 0.6) is 6.01 Å². The van der Waals surface area contributed by atoms with Crippen LogP contribution in [0, 0.1) is 0 Å². The molecule has 0 saturated carbocycles. The molecular weight excluding hydrogens is 350 g/mol. The zero-order valence-corrected chi connectivity index (χ0v) is 15.5. The third kappa shape index (κ3) is 4.58. The highest BCUT2D eigenvalue weighted by Crippen LogP contribution is 2.33. The number of hydrogen-bond acceptors (Lipinski definition) is 5. The Bertz CT molecular complexity index is 779. The minimum absolute atomic E-state index is 0.284. The second-order valence-electron chi connectivity index (χ2n) is 6.31. The molecular formula is C19H22ClN5O. The van der Waals surface area contributed by atoms with Crippen LogP contribution < -0.4 is 4.74 Å². The molecule has 0 aliphatic carbocycles. The van der Waals surface area contributed by atoms with E-state index in [-0.39, 0.29) is 5.41 Å². The van der Waals surface area contributed by atoms with Gasteiger partial charge < -0.3 is 4.74 Å². The van der Waals surface area contributed by atoms with Crippen LogP contribution in [0.2, 0.25) is 5.02 Å². The van der Waals surface area contributed by atoms with E-state index in [9.17, 15) is 0 Å². The van der Waals surface area contributed by atoms with Crippen molar-refractivity contribution >= 4 is 11.6 Å². The van der Waals surface area contributed by atoms with Gasteiger partial charge in [-0.25, -0.2) is 9.97 Å². The normalized spacial score (nSPS) is 13.3. The summed E-state index contributed by atoms with van der Waals surface area (Å²) in [5.74, 6) is 0. The molecule has 3 rings (SSSR count). The van der Waals surface area contributed by atoms with Crippen molar-refractivity contribution in [2.24, 2.45) is 0 Å². The smallest absolute Gasteiger partial charge is 0.316 e. The molecule has 0 aliphatic heterocycles. The molecule has 0 spiro atoms. The Hall–Kier alpha value is -2.47. The number of ether oxygens (including phenoxy) is 1.